The Labute approximate surface area is 99.1 Å². The van der Waals surface area contributed by atoms with Crippen LogP contribution in [0, 0.1) is 6.92 Å². The van der Waals surface area contributed by atoms with Gasteiger partial charge in [-0.05, 0) is 30.7 Å². The summed E-state index contributed by atoms with van der Waals surface area (Å²) in [5.41, 5.74) is 2.29. The second kappa shape index (κ2) is 4.99. The molecule has 2 heterocycles. The van der Waals surface area contributed by atoms with Crippen LogP contribution < -0.4 is 10.1 Å². The first-order valence-corrected chi connectivity index (χ1v) is 5.88. The quantitative estimate of drug-likeness (QED) is 0.882. The van der Waals surface area contributed by atoms with Crippen molar-refractivity contribution in [3.63, 3.8) is 0 Å². The van der Waals surface area contributed by atoms with Gasteiger partial charge in [0, 0.05) is 17.6 Å². The van der Waals surface area contributed by atoms with E-state index in [1.165, 1.54) is 10.4 Å². The van der Waals surface area contributed by atoms with Gasteiger partial charge >= 0.3 is 0 Å². The molecule has 16 heavy (non-hydrogen) atoms. The SMILES string of the molecule is COc1ccc(CNc2cnccc2C)s1. The van der Waals surface area contributed by atoms with Crippen molar-refractivity contribution in [3.8, 4) is 5.06 Å². The van der Waals surface area contributed by atoms with Crippen LogP contribution in [0.1, 0.15) is 10.4 Å². The molecule has 0 amide bonds. The number of aryl methyl sites for hydroxylation is 1. The van der Waals surface area contributed by atoms with Crippen molar-refractivity contribution in [1.29, 1.82) is 0 Å². The van der Waals surface area contributed by atoms with Crippen molar-refractivity contribution in [2.45, 2.75) is 13.5 Å². The average Bonchev–Trinajstić information content (AvgIpc) is 2.76. The van der Waals surface area contributed by atoms with Gasteiger partial charge in [0.05, 0.1) is 19.0 Å². The maximum Gasteiger partial charge on any atom is 0.173 e. The number of ether oxygens (including phenoxy) is 1. The maximum atomic E-state index is 5.15. The Morgan fingerprint density at radius 2 is 2.25 bits per heavy atom. The highest BCUT2D eigenvalue weighted by Crippen LogP contribution is 2.24. The third-order valence-electron chi connectivity index (χ3n) is 2.33. The minimum absolute atomic E-state index is 0.806. The van der Waals surface area contributed by atoms with Crippen LogP contribution in [-0.4, -0.2) is 12.1 Å². The molecule has 0 unspecified atom stereocenters. The number of nitrogens with one attached hydrogen (secondary N) is 1. The van der Waals surface area contributed by atoms with Gasteiger partial charge < -0.3 is 10.1 Å². The number of nitrogens with zero attached hydrogens (tertiary/aromatic N) is 1. The summed E-state index contributed by atoms with van der Waals surface area (Å²) in [5.74, 6) is 0. The highest BCUT2D eigenvalue weighted by atomic mass is 32.1. The van der Waals surface area contributed by atoms with Crippen LogP contribution in [0.5, 0.6) is 5.06 Å². The zero-order valence-corrected chi connectivity index (χ0v) is 10.2. The lowest BCUT2D eigenvalue weighted by molar-refractivity contribution is 0.427. The third-order valence-corrected chi connectivity index (χ3v) is 3.38. The van der Waals surface area contributed by atoms with E-state index >= 15 is 0 Å². The largest absolute Gasteiger partial charge is 0.487 e. The molecule has 2 aromatic heterocycles. The summed E-state index contributed by atoms with van der Waals surface area (Å²) < 4.78 is 5.15. The molecule has 0 spiro atoms. The van der Waals surface area contributed by atoms with Crippen LogP contribution >= 0.6 is 11.3 Å². The van der Waals surface area contributed by atoms with Crippen LogP contribution in [0.25, 0.3) is 0 Å². The molecule has 0 fully saturated rings. The van der Waals surface area contributed by atoms with Gasteiger partial charge in [0.15, 0.2) is 5.06 Å². The fraction of sp³-hybridized carbons (Fsp3) is 0.250. The van der Waals surface area contributed by atoms with E-state index in [4.69, 9.17) is 4.74 Å². The van der Waals surface area contributed by atoms with Crippen LogP contribution in [0.4, 0.5) is 5.69 Å². The molecule has 2 aromatic rings. The van der Waals surface area contributed by atoms with Crippen LogP contribution in [0.2, 0.25) is 0 Å². The Morgan fingerprint density at radius 3 is 2.94 bits per heavy atom. The van der Waals surface area contributed by atoms with E-state index in [0.717, 1.165) is 17.3 Å². The minimum Gasteiger partial charge on any atom is -0.487 e. The summed E-state index contributed by atoms with van der Waals surface area (Å²) in [6, 6.07) is 6.05. The number of pyridine rings is 1. The number of aromatic nitrogens is 1. The number of anilines is 1. The summed E-state index contributed by atoms with van der Waals surface area (Å²) in [7, 11) is 1.69. The van der Waals surface area contributed by atoms with Crippen LogP contribution in [-0.2, 0) is 6.54 Å². The molecule has 3 nitrogen and oxygen atoms in total. The predicted octanol–water partition coefficient (Wildman–Crippen LogP) is 3.07. The molecule has 0 saturated heterocycles. The molecule has 0 aliphatic rings. The van der Waals surface area contributed by atoms with Gasteiger partial charge in [0.25, 0.3) is 0 Å². The van der Waals surface area contributed by atoms with Crippen molar-refractivity contribution in [2.24, 2.45) is 0 Å². The lowest BCUT2D eigenvalue weighted by Crippen LogP contribution is -1.99. The van der Waals surface area contributed by atoms with Gasteiger partial charge in [-0.3, -0.25) is 4.98 Å². The molecule has 84 valence electrons. The highest BCUT2D eigenvalue weighted by molar-refractivity contribution is 7.13. The molecule has 0 radical (unpaired) electrons. The van der Waals surface area contributed by atoms with Gasteiger partial charge in [-0.25, -0.2) is 0 Å². The molecular weight excluding hydrogens is 220 g/mol. The van der Waals surface area contributed by atoms with E-state index in [-0.39, 0.29) is 0 Å². The number of hydrogen-bond acceptors (Lipinski definition) is 4. The Kier molecular flexibility index (Phi) is 3.41. The Morgan fingerprint density at radius 1 is 1.38 bits per heavy atom. The Bertz CT molecular complexity index is 468. The number of rotatable bonds is 4. The molecule has 2 rings (SSSR count). The highest BCUT2D eigenvalue weighted by Gasteiger charge is 2.01. The van der Waals surface area contributed by atoms with Gasteiger partial charge in [0.1, 0.15) is 0 Å². The Balaban J connectivity index is 1.99. The lowest BCUT2D eigenvalue weighted by atomic mass is 10.2. The van der Waals surface area contributed by atoms with Gasteiger partial charge in [0.2, 0.25) is 0 Å². The molecule has 4 heteroatoms. The first kappa shape index (κ1) is 11.0. The monoisotopic (exact) mass is 234 g/mol. The fourth-order valence-corrected chi connectivity index (χ4v) is 2.15. The van der Waals surface area contributed by atoms with E-state index in [1.54, 1.807) is 24.6 Å². The number of hydrogen-bond donors (Lipinski definition) is 1. The average molecular weight is 234 g/mol. The minimum atomic E-state index is 0.806. The predicted molar refractivity (Wildman–Crippen MR) is 67.2 cm³/mol. The van der Waals surface area contributed by atoms with Gasteiger partial charge in [-0.2, -0.15) is 0 Å². The molecule has 1 N–H and O–H groups in total. The van der Waals surface area contributed by atoms with Crippen molar-refractivity contribution >= 4 is 17.0 Å². The second-order valence-corrected chi connectivity index (χ2v) is 4.60. The molecule has 0 aliphatic carbocycles. The first-order chi connectivity index (χ1) is 7.79. The molecule has 0 bridgehead atoms. The molecular formula is C12H14N2OS. The zero-order chi connectivity index (χ0) is 11.4. The summed E-state index contributed by atoms with van der Waals surface area (Å²) in [4.78, 5) is 5.35. The first-order valence-electron chi connectivity index (χ1n) is 5.07. The van der Waals surface area contributed by atoms with E-state index in [0.29, 0.717) is 0 Å². The van der Waals surface area contributed by atoms with Gasteiger partial charge in [-0.1, -0.05) is 0 Å². The standard InChI is InChI=1S/C12H14N2OS/c1-9-5-6-13-8-11(9)14-7-10-3-4-12(15-2)16-10/h3-6,8,14H,7H2,1-2H3. The van der Waals surface area contributed by atoms with E-state index in [9.17, 15) is 0 Å². The third kappa shape index (κ3) is 2.52. The molecule has 0 saturated carbocycles. The topological polar surface area (TPSA) is 34.1 Å². The number of thiophene rings is 1. The van der Waals surface area contributed by atoms with Crippen molar-refractivity contribution < 1.29 is 4.74 Å². The van der Waals surface area contributed by atoms with E-state index in [2.05, 4.69) is 23.3 Å². The van der Waals surface area contributed by atoms with Crippen molar-refractivity contribution in [2.75, 3.05) is 12.4 Å². The smallest absolute Gasteiger partial charge is 0.173 e. The van der Waals surface area contributed by atoms with E-state index < -0.39 is 0 Å². The van der Waals surface area contributed by atoms with Crippen LogP contribution in [0.15, 0.2) is 30.6 Å². The van der Waals surface area contributed by atoms with E-state index in [1.807, 2.05) is 18.3 Å². The van der Waals surface area contributed by atoms with Crippen LogP contribution in [0.3, 0.4) is 0 Å². The summed E-state index contributed by atoms with van der Waals surface area (Å²) in [6.45, 7) is 2.87. The molecule has 0 aromatic carbocycles. The Hall–Kier alpha value is -1.55. The fourth-order valence-electron chi connectivity index (χ4n) is 1.39. The summed E-state index contributed by atoms with van der Waals surface area (Å²) >= 11 is 1.65. The second-order valence-electron chi connectivity index (χ2n) is 3.47. The summed E-state index contributed by atoms with van der Waals surface area (Å²) in [5, 5.41) is 4.30. The normalized spacial score (nSPS) is 10.1. The summed E-state index contributed by atoms with van der Waals surface area (Å²) in [6.07, 6.45) is 3.65. The molecule has 0 atom stereocenters. The van der Waals surface area contributed by atoms with Crippen molar-refractivity contribution in [1.82, 2.24) is 4.98 Å². The zero-order valence-electron chi connectivity index (χ0n) is 9.36. The van der Waals surface area contributed by atoms with Crippen molar-refractivity contribution in [3.05, 3.63) is 41.0 Å². The number of methoxy groups -OCH3 is 1. The molecule has 0 aliphatic heterocycles. The lowest BCUT2D eigenvalue weighted by Gasteiger charge is -2.06. The van der Waals surface area contributed by atoms with Gasteiger partial charge in [-0.15, -0.1) is 11.3 Å². The maximum absolute atomic E-state index is 5.15.